The Balaban J connectivity index is 1.31. The van der Waals surface area contributed by atoms with Crippen molar-refractivity contribution in [3.8, 4) is 11.5 Å². The number of hydrogen-bond acceptors (Lipinski definition) is 6. The number of carbonyl (C=O) groups is 1. The maximum absolute atomic E-state index is 12.9. The first-order valence-electron chi connectivity index (χ1n) is 11.4. The average molecular weight is 532 g/mol. The number of amides is 1. The number of anilines is 1. The van der Waals surface area contributed by atoms with E-state index in [1.165, 1.54) is 12.7 Å². The van der Waals surface area contributed by atoms with Gasteiger partial charge in [0, 0.05) is 0 Å². The number of nitrogens with zero attached hydrogens (tertiary/aromatic N) is 2. The number of piperidine rings is 1. The van der Waals surface area contributed by atoms with Gasteiger partial charge in [-0.3, -0.25) is 0 Å². The van der Waals surface area contributed by atoms with Crippen molar-refractivity contribution in [2.75, 3.05) is 39.7 Å². The van der Waals surface area contributed by atoms with E-state index in [9.17, 15) is 9.59 Å². The van der Waals surface area contributed by atoms with Gasteiger partial charge in [0.2, 0.25) is 0 Å². The van der Waals surface area contributed by atoms with Crippen LogP contribution in [0.15, 0.2) is 41.2 Å². The second kappa shape index (κ2) is 11.1. The van der Waals surface area contributed by atoms with Gasteiger partial charge in [-0.05, 0) is 0 Å². The van der Waals surface area contributed by atoms with Gasteiger partial charge in [0.05, 0.1) is 7.11 Å². The van der Waals surface area contributed by atoms with Gasteiger partial charge in [-0.25, -0.2) is 4.79 Å². The molecule has 1 amide bonds. The van der Waals surface area contributed by atoms with E-state index in [1.807, 2.05) is 33.9 Å². The number of rotatable bonds is 8. The maximum atomic E-state index is 12.9. The molecule has 0 unspecified atom stereocenters. The molecule has 2 aromatic carbocycles. The predicted molar refractivity (Wildman–Crippen MR) is 133 cm³/mol. The Hall–Kier alpha value is -2.74. The van der Waals surface area contributed by atoms with E-state index in [-0.39, 0.29) is 20.3 Å². The van der Waals surface area contributed by atoms with Crippen LogP contribution in [0.3, 0.4) is 0 Å². The number of methoxy groups -OCH3 is 3. The van der Waals surface area contributed by atoms with Crippen molar-refractivity contribution < 1.29 is 19.0 Å². The summed E-state index contributed by atoms with van der Waals surface area (Å²) in [4.78, 5) is 26.8. The third-order valence-corrected chi connectivity index (χ3v) is 8.68. The van der Waals surface area contributed by atoms with Gasteiger partial charge in [-0.15, -0.1) is 0 Å². The van der Waals surface area contributed by atoms with Crippen LogP contribution >= 0.6 is 0 Å². The number of ether oxygens (including phenoxy) is 3. The summed E-state index contributed by atoms with van der Waals surface area (Å²) >= 11 is -0.0179. The first kappa shape index (κ1) is 24.4. The van der Waals surface area contributed by atoms with Crippen molar-refractivity contribution in [1.82, 2.24) is 8.46 Å². The third-order valence-electron chi connectivity index (χ3n) is 6.36. The van der Waals surface area contributed by atoms with Crippen LogP contribution in [-0.2, 0) is 17.8 Å². The molecular formula is C25H31N3O5Se. The minimum absolute atomic E-state index is 0.0179. The summed E-state index contributed by atoms with van der Waals surface area (Å²) in [6, 6.07) is 11.6. The average Bonchev–Trinajstić information content (AvgIpc) is 3.17. The first-order valence-corrected chi connectivity index (χ1v) is 13.0. The Morgan fingerprint density at radius 2 is 1.82 bits per heavy atom. The van der Waals surface area contributed by atoms with Gasteiger partial charge < -0.3 is 4.74 Å². The number of likely N-dealkylation sites (tertiary alicyclic amines) is 1. The molecule has 1 saturated heterocycles. The van der Waals surface area contributed by atoms with Crippen LogP contribution in [0, 0.1) is 5.92 Å². The summed E-state index contributed by atoms with van der Waals surface area (Å²) in [7, 11) is 4.57. The van der Waals surface area contributed by atoms with Gasteiger partial charge >= 0.3 is 189 Å². The van der Waals surface area contributed by atoms with Crippen LogP contribution in [0.25, 0.3) is 9.65 Å². The van der Waals surface area contributed by atoms with Gasteiger partial charge in [0.15, 0.2) is 0 Å². The first-order chi connectivity index (χ1) is 16.5. The van der Waals surface area contributed by atoms with Crippen molar-refractivity contribution in [1.29, 1.82) is 0 Å². The van der Waals surface area contributed by atoms with Gasteiger partial charge in [0.1, 0.15) is 0 Å². The van der Waals surface area contributed by atoms with E-state index in [0.717, 1.165) is 60.8 Å². The van der Waals surface area contributed by atoms with Crippen molar-refractivity contribution in [3.05, 3.63) is 52.3 Å². The fraction of sp³-hybridized carbons (Fsp3) is 0.440. The molecule has 3 aromatic rings. The number of aryl methyl sites for hydroxylation is 1. The van der Waals surface area contributed by atoms with Gasteiger partial charge in [0.25, 0.3) is 0 Å². The molecule has 8 nitrogen and oxygen atoms in total. The molecule has 1 aliphatic rings. The van der Waals surface area contributed by atoms with E-state index < -0.39 is 6.09 Å². The molecule has 4 rings (SSSR count). The predicted octanol–water partition coefficient (Wildman–Crippen LogP) is 3.56. The SMILES string of the molecule is COC(=O)Nc1cccc(CN2CCC(CCn3[se]c4cc(OC)c(OC)cc4c3=O)CC2)c1. The second-order valence-electron chi connectivity index (χ2n) is 8.53. The zero-order valence-corrected chi connectivity index (χ0v) is 21.5. The Kier molecular flexibility index (Phi) is 7.98. The molecule has 0 atom stereocenters. The standard InChI is InChI=1S/C25H31N3O5Se/c1-31-21-14-20-23(15-22(21)32-2)34-28(24(20)29)12-9-17-7-10-27(11-8-17)16-18-5-4-6-19(13-18)26-25(30)33-3/h4-6,13-15,17H,7-12,16H2,1-3H3,(H,26,30). The molecule has 0 aliphatic carbocycles. The Morgan fingerprint density at radius 3 is 2.53 bits per heavy atom. The van der Waals surface area contributed by atoms with Crippen LogP contribution in [-0.4, -0.2) is 63.7 Å². The van der Waals surface area contributed by atoms with Crippen molar-refractivity contribution in [3.63, 3.8) is 0 Å². The Morgan fingerprint density at radius 1 is 1.09 bits per heavy atom. The normalized spacial score (nSPS) is 14.8. The van der Waals surface area contributed by atoms with E-state index in [0.29, 0.717) is 17.4 Å². The van der Waals surface area contributed by atoms with Crippen LogP contribution in [0.2, 0.25) is 0 Å². The summed E-state index contributed by atoms with van der Waals surface area (Å²) in [6.07, 6.45) is 2.83. The monoisotopic (exact) mass is 533 g/mol. The number of carbonyl (C=O) groups excluding carboxylic acids is 1. The minimum atomic E-state index is -0.461. The number of benzene rings is 2. The third kappa shape index (κ3) is 5.66. The molecule has 1 aromatic heterocycles. The fourth-order valence-corrected chi connectivity index (χ4v) is 6.59. The van der Waals surface area contributed by atoms with Crippen molar-refractivity contribution in [2.24, 2.45) is 5.92 Å². The van der Waals surface area contributed by atoms with Crippen molar-refractivity contribution in [2.45, 2.75) is 32.4 Å². The molecule has 0 saturated carbocycles. The Bertz CT molecular complexity index is 1200. The molecule has 1 N–H and O–H groups in total. The van der Waals surface area contributed by atoms with Crippen LogP contribution < -0.4 is 20.3 Å². The molecule has 1 fully saturated rings. The van der Waals surface area contributed by atoms with E-state index >= 15 is 0 Å². The summed E-state index contributed by atoms with van der Waals surface area (Å²) < 4.78 is 18.5. The molecular weight excluding hydrogens is 501 g/mol. The number of aromatic nitrogens is 1. The molecule has 1 aliphatic heterocycles. The molecule has 182 valence electrons. The molecule has 0 spiro atoms. The van der Waals surface area contributed by atoms with E-state index in [4.69, 9.17) is 9.47 Å². The molecule has 0 radical (unpaired) electrons. The zero-order chi connectivity index (χ0) is 24.1. The van der Waals surface area contributed by atoms with Crippen LogP contribution in [0.1, 0.15) is 24.8 Å². The van der Waals surface area contributed by atoms with Gasteiger partial charge in [-0.1, -0.05) is 0 Å². The molecule has 34 heavy (non-hydrogen) atoms. The zero-order valence-electron chi connectivity index (χ0n) is 19.8. The number of fused-ring (bicyclic) bond motifs is 1. The van der Waals surface area contributed by atoms with E-state index in [2.05, 4.69) is 21.0 Å². The second-order valence-corrected chi connectivity index (χ2v) is 10.8. The molecule has 9 heteroatoms. The fourth-order valence-electron chi connectivity index (χ4n) is 4.45. The van der Waals surface area contributed by atoms with Crippen molar-refractivity contribution >= 4 is 36.2 Å². The van der Waals surface area contributed by atoms with Gasteiger partial charge in [-0.2, -0.15) is 0 Å². The van der Waals surface area contributed by atoms with E-state index in [1.54, 1.807) is 14.2 Å². The van der Waals surface area contributed by atoms with Crippen LogP contribution in [0.5, 0.6) is 11.5 Å². The Labute approximate surface area is 205 Å². The molecule has 2 heterocycles. The topological polar surface area (TPSA) is 82.0 Å². The quantitative estimate of drug-likeness (QED) is 0.447. The summed E-state index contributed by atoms with van der Waals surface area (Å²) in [5.41, 5.74) is 2.02. The summed E-state index contributed by atoms with van der Waals surface area (Å²) in [5.74, 6) is 1.91. The molecule has 0 bridgehead atoms. The number of hydrogen-bond donors (Lipinski definition) is 1. The number of nitrogens with one attached hydrogen (secondary N) is 1. The summed E-state index contributed by atoms with van der Waals surface area (Å²) in [5, 5.41) is 3.46. The summed E-state index contributed by atoms with van der Waals surface area (Å²) in [6.45, 7) is 3.72. The van der Waals surface area contributed by atoms with Crippen LogP contribution in [0.4, 0.5) is 10.5 Å².